The van der Waals surface area contributed by atoms with E-state index in [1.165, 1.54) is 18.2 Å². The Bertz CT molecular complexity index is 699. The molecule has 0 saturated carbocycles. The summed E-state index contributed by atoms with van der Waals surface area (Å²) in [6.07, 6.45) is 0. The van der Waals surface area contributed by atoms with Crippen LogP contribution in [0.25, 0.3) is 0 Å². The molecule has 2 N–H and O–H groups in total. The fourth-order valence-electron chi connectivity index (χ4n) is 1.63. The largest absolute Gasteiger partial charge is 0.398 e. The summed E-state index contributed by atoms with van der Waals surface area (Å²) in [6.45, 7) is 1.75. The molecule has 0 fully saturated rings. The van der Waals surface area contributed by atoms with E-state index in [9.17, 15) is 10.1 Å². The highest BCUT2D eigenvalue weighted by atomic mass is 35.5. The van der Waals surface area contributed by atoms with Crippen LogP contribution in [0.3, 0.4) is 0 Å². The molecule has 108 valence electrons. The summed E-state index contributed by atoms with van der Waals surface area (Å²) in [4.78, 5) is 15.4. The van der Waals surface area contributed by atoms with E-state index in [0.29, 0.717) is 10.7 Å². The zero-order chi connectivity index (χ0) is 15.4. The van der Waals surface area contributed by atoms with E-state index >= 15 is 0 Å². The van der Waals surface area contributed by atoms with E-state index < -0.39 is 4.92 Å². The Kier molecular flexibility index (Phi) is 4.39. The van der Waals surface area contributed by atoms with Gasteiger partial charge in [0.15, 0.2) is 5.75 Å². The number of anilines is 1. The highest BCUT2D eigenvalue weighted by Gasteiger charge is 2.09. The van der Waals surface area contributed by atoms with Crippen LogP contribution in [-0.2, 0) is 0 Å². The van der Waals surface area contributed by atoms with Gasteiger partial charge in [0.05, 0.1) is 16.7 Å². The quantitative estimate of drug-likeness (QED) is 0.404. The molecule has 0 aliphatic carbocycles. The van der Waals surface area contributed by atoms with Crippen molar-refractivity contribution < 1.29 is 9.76 Å². The Morgan fingerprint density at radius 1 is 1.29 bits per heavy atom. The summed E-state index contributed by atoms with van der Waals surface area (Å²) in [7, 11) is 0. The van der Waals surface area contributed by atoms with Gasteiger partial charge in [0.2, 0.25) is 0 Å². The molecule has 0 atom stereocenters. The van der Waals surface area contributed by atoms with Gasteiger partial charge < -0.3 is 10.6 Å². The van der Waals surface area contributed by atoms with Crippen molar-refractivity contribution in [1.29, 1.82) is 0 Å². The number of nitrogen functional groups attached to an aromatic ring is 1. The monoisotopic (exact) mass is 305 g/mol. The third-order valence-electron chi connectivity index (χ3n) is 2.67. The van der Waals surface area contributed by atoms with Gasteiger partial charge in [0.25, 0.3) is 5.69 Å². The first kappa shape index (κ1) is 14.8. The third kappa shape index (κ3) is 3.93. The van der Waals surface area contributed by atoms with Crippen molar-refractivity contribution in [3.63, 3.8) is 0 Å². The lowest BCUT2D eigenvalue weighted by atomic mass is 10.1. The number of oxime groups is 1. The highest BCUT2D eigenvalue weighted by molar-refractivity contribution is 6.30. The molecule has 0 spiro atoms. The lowest BCUT2D eigenvalue weighted by Gasteiger charge is -2.03. The molecule has 0 radical (unpaired) electrons. The van der Waals surface area contributed by atoms with Gasteiger partial charge in [0.1, 0.15) is 0 Å². The molecule has 2 rings (SSSR count). The first-order chi connectivity index (χ1) is 9.95. The van der Waals surface area contributed by atoms with Gasteiger partial charge in [-0.25, -0.2) is 0 Å². The number of hydrogen-bond acceptors (Lipinski definition) is 5. The van der Waals surface area contributed by atoms with Crippen molar-refractivity contribution in [2.45, 2.75) is 6.92 Å². The van der Waals surface area contributed by atoms with Crippen LogP contribution < -0.4 is 10.6 Å². The molecule has 21 heavy (non-hydrogen) atoms. The van der Waals surface area contributed by atoms with Crippen LogP contribution >= 0.6 is 11.6 Å². The van der Waals surface area contributed by atoms with Crippen molar-refractivity contribution >= 4 is 28.7 Å². The molecule has 0 bridgehead atoms. The van der Waals surface area contributed by atoms with E-state index in [4.69, 9.17) is 22.2 Å². The summed E-state index contributed by atoms with van der Waals surface area (Å²) in [6, 6.07) is 11.0. The second kappa shape index (κ2) is 6.23. The minimum atomic E-state index is -0.543. The lowest BCUT2D eigenvalue weighted by molar-refractivity contribution is -0.384. The lowest BCUT2D eigenvalue weighted by Crippen LogP contribution is -1.98. The normalized spacial score (nSPS) is 11.2. The number of nitrogens with zero attached hydrogens (tertiary/aromatic N) is 2. The van der Waals surface area contributed by atoms with Crippen LogP contribution in [0, 0.1) is 10.1 Å². The average Bonchev–Trinajstić information content (AvgIpc) is 2.45. The standard InChI is InChI=1S/C14H12ClN3O3/c1-9(10-2-4-11(15)5-3-10)17-21-14-7-12(16)6-13(8-14)18(19)20/h2-8H,16H2,1H3/b17-9-. The molecule has 2 aromatic rings. The summed E-state index contributed by atoms with van der Waals surface area (Å²) in [5.74, 6) is 0.204. The zero-order valence-electron chi connectivity index (χ0n) is 11.1. The van der Waals surface area contributed by atoms with Crippen molar-refractivity contribution in [3.8, 4) is 5.75 Å². The predicted molar refractivity (Wildman–Crippen MR) is 81.8 cm³/mol. The molecule has 7 heteroatoms. The third-order valence-corrected chi connectivity index (χ3v) is 2.93. The first-order valence-electron chi connectivity index (χ1n) is 5.98. The maximum atomic E-state index is 10.7. The Morgan fingerprint density at radius 3 is 2.57 bits per heavy atom. The number of rotatable bonds is 4. The number of hydrogen-bond donors (Lipinski definition) is 1. The van der Waals surface area contributed by atoms with Crippen molar-refractivity contribution in [3.05, 3.63) is 63.2 Å². The van der Waals surface area contributed by atoms with Crippen LogP contribution in [0.4, 0.5) is 11.4 Å². The zero-order valence-corrected chi connectivity index (χ0v) is 11.9. The Morgan fingerprint density at radius 2 is 1.95 bits per heavy atom. The Balaban J connectivity index is 2.20. The molecule has 6 nitrogen and oxygen atoms in total. The number of nitro groups is 1. The molecular formula is C14H12ClN3O3. The van der Waals surface area contributed by atoms with Gasteiger partial charge in [-0.05, 0) is 24.6 Å². The van der Waals surface area contributed by atoms with Gasteiger partial charge in [-0.1, -0.05) is 28.9 Å². The first-order valence-corrected chi connectivity index (χ1v) is 6.36. The summed E-state index contributed by atoms with van der Waals surface area (Å²) in [5.41, 5.74) is 7.11. The van der Waals surface area contributed by atoms with Crippen molar-refractivity contribution in [2.24, 2.45) is 5.16 Å². The average molecular weight is 306 g/mol. The van der Waals surface area contributed by atoms with Crippen LogP contribution in [0.5, 0.6) is 5.75 Å². The van der Waals surface area contributed by atoms with Gasteiger partial charge in [-0.2, -0.15) is 0 Å². The summed E-state index contributed by atoms with van der Waals surface area (Å²) >= 11 is 5.80. The highest BCUT2D eigenvalue weighted by Crippen LogP contribution is 2.24. The number of non-ortho nitro benzene ring substituents is 1. The molecule has 0 aliphatic heterocycles. The second-order valence-corrected chi connectivity index (χ2v) is 4.73. The number of benzene rings is 2. The van der Waals surface area contributed by atoms with Crippen LogP contribution in [0.15, 0.2) is 47.6 Å². The van der Waals surface area contributed by atoms with Crippen LogP contribution in [-0.4, -0.2) is 10.6 Å². The summed E-state index contributed by atoms with van der Waals surface area (Å²) < 4.78 is 0. The maximum Gasteiger partial charge on any atom is 0.275 e. The molecule has 0 unspecified atom stereocenters. The molecule has 0 aliphatic rings. The van der Waals surface area contributed by atoms with E-state index in [2.05, 4.69) is 5.16 Å². The smallest absolute Gasteiger partial charge is 0.275 e. The van der Waals surface area contributed by atoms with E-state index in [0.717, 1.165) is 5.56 Å². The van der Waals surface area contributed by atoms with Crippen molar-refractivity contribution in [1.82, 2.24) is 0 Å². The fraction of sp³-hybridized carbons (Fsp3) is 0.0714. The van der Waals surface area contributed by atoms with E-state index in [1.54, 1.807) is 31.2 Å². The summed E-state index contributed by atoms with van der Waals surface area (Å²) in [5, 5.41) is 15.3. The van der Waals surface area contributed by atoms with Gasteiger partial charge in [0, 0.05) is 22.8 Å². The SMILES string of the molecule is C/C(=N/Oc1cc(N)cc([N+](=O)[O-])c1)c1ccc(Cl)cc1. The molecule has 0 aromatic heterocycles. The van der Waals surface area contributed by atoms with Gasteiger partial charge >= 0.3 is 0 Å². The molecule has 2 aromatic carbocycles. The van der Waals surface area contributed by atoms with Gasteiger partial charge in [-0.3, -0.25) is 10.1 Å². The fourth-order valence-corrected chi connectivity index (χ4v) is 1.75. The van der Waals surface area contributed by atoms with E-state index in [-0.39, 0.29) is 17.1 Å². The number of halogens is 1. The Hall–Kier alpha value is -2.60. The molecular weight excluding hydrogens is 294 g/mol. The predicted octanol–water partition coefficient (Wildman–Crippen LogP) is 3.63. The van der Waals surface area contributed by atoms with Crippen LogP contribution in [0.1, 0.15) is 12.5 Å². The topological polar surface area (TPSA) is 90.8 Å². The molecule has 0 heterocycles. The number of nitro benzene ring substituents is 1. The van der Waals surface area contributed by atoms with Gasteiger partial charge in [-0.15, -0.1) is 0 Å². The molecule has 0 amide bonds. The van der Waals surface area contributed by atoms with E-state index in [1.807, 2.05) is 0 Å². The minimum Gasteiger partial charge on any atom is -0.398 e. The second-order valence-electron chi connectivity index (χ2n) is 4.29. The number of nitrogens with two attached hydrogens (primary N) is 1. The molecule has 0 saturated heterocycles. The van der Waals surface area contributed by atoms with Crippen molar-refractivity contribution in [2.75, 3.05) is 5.73 Å². The Labute approximate surface area is 125 Å². The maximum absolute atomic E-state index is 10.7. The van der Waals surface area contributed by atoms with Crippen LogP contribution in [0.2, 0.25) is 5.02 Å². The minimum absolute atomic E-state index is 0.149.